The second-order valence-corrected chi connectivity index (χ2v) is 8.08. The van der Waals surface area contributed by atoms with E-state index in [0.717, 1.165) is 11.8 Å². The van der Waals surface area contributed by atoms with Crippen LogP contribution in [0.4, 0.5) is 0 Å². The normalized spacial score (nSPS) is 44.0. The van der Waals surface area contributed by atoms with E-state index in [4.69, 9.17) is 5.11 Å². The van der Waals surface area contributed by atoms with Crippen molar-refractivity contribution in [3.05, 3.63) is 0 Å². The molecular weight excluding hydrogens is 268 g/mol. The number of hydrazine groups is 1. The van der Waals surface area contributed by atoms with Gasteiger partial charge in [-0.25, -0.2) is 0 Å². The molecule has 116 valence electrons. The number of rotatable bonds is 3. The van der Waals surface area contributed by atoms with Gasteiger partial charge in [0.15, 0.2) is 0 Å². The van der Waals surface area contributed by atoms with Crippen LogP contribution in [0.25, 0.3) is 0 Å². The van der Waals surface area contributed by atoms with E-state index < -0.39 is 11.5 Å². The second-order valence-electron chi connectivity index (χ2n) is 8.08. The molecule has 1 heterocycles. The summed E-state index contributed by atoms with van der Waals surface area (Å²) < 4.78 is 0. The molecule has 1 amide bonds. The zero-order valence-electron chi connectivity index (χ0n) is 12.8. The molecule has 5 rings (SSSR count). The van der Waals surface area contributed by atoms with Gasteiger partial charge >= 0.3 is 5.97 Å². The molecule has 0 aromatic rings. The minimum Gasteiger partial charge on any atom is -0.480 e. The fraction of sp³-hybridized carbons (Fsp3) is 0.875. The third kappa shape index (κ3) is 1.79. The van der Waals surface area contributed by atoms with E-state index in [-0.39, 0.29) is 18.5 Å². The Morgan fingerprint density at radius 1 is 1.14 bits per heavy atom. The van der Waals surface area contributed by atoms with Crippen LogP contribution in [0.15, 0.2) is 0 Å². The molecule has 0 radical (unpaired) electrons. The summed E-state index contributed by atoms with van der Waals surface area (Å²) in [6, 6.07) is 0.262. The SMILES string of the molecule is CC1(C)C(=O)N(C2C3CC4CC(C3)CC2C4)N1CC(=O)O. The topological polar surface area (TPSA) is 60.9 Å². The first-order chi connectivity index (χ1) is 9.88. The third-order valence-corrected chi connectivity index (χ3v) is 6.38. The number of nitrogens with zero attached hydrogens (tertiary/aromatic N) is 2. The maximum absolute atomic E-state index is 12.6. The van der Waals surface area contributed by atoms with Crippen LogP contribution in [-0.4, -0.2) is 45.1 Å². The number of carbonyl (C=O) groups excluding carboxylic acids is 1. The quantitative estimate of drug-likeness (QED) is 0.860. The van der Waals surface area contributed by atoms with E-state index >= 15 is 0 Å². The Labute approximate surface area is 125 Å². The number of amides is 1. The van der Waals surface area contributed by atoms with Gasteiger partial charge in [-0.15, -0.1) is 0 Å². The molecule has 21 heavy (non-hydrogen) atoms. The highest BCUT2D eigenvalue weighted by molar-refractivity contribution is 5.91. The average Bonchev–Trinajstić information content (AvgIpc) is 2.39. The smallest absolute Gasteiger partial charge is 0.319 e. The van der Waals surface area contributed by atoms with Gasteiger partial charge < -0.3 is 5.11 Å². The summed E-state index contributed by atoms with van der Waals surface area (Å²) in [6.07, 6.45) is 6.34. The molecule has 0 aromatic carbocycles. The molecule has 0 spiro atoms. The van der Waals surface area contributed by atoms with Gasteiger partial charge in [-0.05, 0) is 69.6 Å². The van der Waals surface area contributed by atoms with Gasteiger partial charge in [0.2, 0.25) is 0 Å². The predicted octanol–water partition coefficient (Wildman–Crippen LogP) is 1.73. The highest BCUT2D eigenvalue weighted by Crippen LogP contribution is 2.56. The van der Waals surface area contributed by atoms with Crippen molar-refractivity contribution in [2.24, 2.45) is 23.7 Å². The Balaban J connectivity index is 1.60. The van der Waals surface area contributed by atoms with Gasteiger partial charge in [0.05, 0.1) is 6.04 Å². The fourth-order valence-corrected chi connectivity index (χ4v) is 5.72. The average molecular weight is 292 g/mol. The van der Waals surface area contributed by atoms with Gasteiger partial charge in [-0.2, -0.15) is 5.01 Å². The van der Waals surface area contributed by atoms with Gasteiger partial charge in [-0.1, -0.05) is 0 Å². The first-order valence-corrected chi connectivity index (χ1v) is 8.21. The van der Waals surface area contributed by atoms with Crippen LogP contribution in [-0.2, 0) is 9.59 Å². The second kappa shape index (κ2) is 4.22. The zero-order chi connectivity index (χ0) is 14.9. The van der Waals surface area contributed by atoms with Gasteiger partial charge in [0.25, 0.3) is 5.91 Å². The third-order valence-electron chi connectivity index (χ3n) is 6.38. The van der Waals surface area contributed by atoms with Crippen molar-refractivity contribution in [2.75, 3.05) is 6.54 Å². The fourth-order valence-electron chi connectivity index (χ4n) is 5.72. The number of carbonyl (C=O) groups is 2. The molecule has 0 aromatic heterocycles. The Morgan fingerprint density at radius 2 is 1.67 bits per heavy atom. The molecule has 5 aliphatic rings. The van der Waals surface area contributed by atoms with Crippen molar-refractivity contribution in [3.8, 4) is 0 Å². The van der Waals surface area contributed by atoms with E-state index in [2.05, 4.69) is 0 Å². The summed E-state index contributed by atoms with van der Waals surface area (Å²) in [5.41, 5.74) is -0.660. The molecule has 4 saturated carbocycles. The van der Waals surface area contributed by atoms with Crippen molar-refractivity contribution in [2.45, 2.75) is 57.5 Å². The lowest BCUT2D eigenvalue weighted by molar-refractivity contribution is -0.248. The molecule has 5 heteroatoms. The Hall–Kier alpha value is -1.10. The van der Waals surface area contributed by atoms with E-state index in [0.29, 0.717) is 11.8 Å². The number of carboxylic acid groups (broad SMARTS) is 1. The van der Waals surface area contributed by atoms with Crippen molar-refractivity contribution in [3.63, 3.8) is 0 Å². The summed E-state index contributed by atoms with van der Waals surface area (Å²) >= 11 is 0. The first-order valence-electron chi connectivity index (χ1n) is 8.21. The van der Waals surface area contributed by atoms with Crippen LogP contribution < -0.4 is 0 Å². The number of aliphatic carboxylic acids is 1. The van der Waals surface area contributed by atoms with Crippen molar-refractivity contribution in [1.29, 1.82) is 0 Å². The van der Waals surface area contributed by atoms with Crippen LogP contribution in [0.3, 0.4) is 0 Å². The largest absolute Gasteiger partial charge is 0.480 e. The van der Waals surface area contributed by atoms with Crippen molar-refractivity contribution >= 4 is 11.9 Å². The molecule has 4 aliphatic carbocycles. The standard InChI is InChI=1S/C16H24N2O3/c1-16(2)15(21)18(17(16)8-13(19)20)14-11-4-9-3-10(6-11)7-12(14)5-9/h9-12,14H,3-8H2,1-2H3,(H,19,20). The van der Waals surface area contributed by atoms with E-state index in [1.165, 1.54) is 32.1 Å². The van der Waals surface area contributed by atoms with E-state index in [1.54, 1.807) is 5.01 Å². The number of hydrogen-bond donors (Lipinski definition) is 1. The predicted molar refractivity (Wildman–Crippen MR) is 76.1 cm³/mol. The first kappa shape index (κ1) is 13.6. The molecule has 1 aliphatic heterocycles. The van der Waals surface area contributed by atoms with E-state index in [9.17, 15) is 9.59 Å². The number of carboxylic acids is 1. The molecule has 0 unspecified atom stereocenters. The summed E-state index contributed by atoms with van der Waals surface area (Å²) in [7, 11) is 0. The van der Waals surface area contributed by atoms with Crippen LogP contribution >= 0.6 is 0 Å². The molecule has 5 nitrogen and oxygen atoms in total. The molecule has 1 N–H and O–H groups in total. The Kier molecular flexibility index (Phi) is 2.72. The zero-order valence-corrected chi connectivity index (χ0v) is 12.8. The minimum absolute atomic E-state index is 0.0679. The molecule has 5 fully saturated rings. The summed E-state index contributed by atoms with van der Waals surface area (Å²) in [6.45, 7) is 3.61. The molecule has 4 bridgehead atoms. The lowest BCUT2D eigenvalue weighted by Gasteiger charge is -2.65. The molecule has 0 atom stereocenters. The number of hydrogen-bond acceptors (Lipinski definition) is 3. The molecular formula is C16H24N2O3. The van der Waals surface area contributed by atoms with Crippen LogP contribution in [0, 0.1) is 23.7 Å². The summed E-state index contributed by atoms with van der Waals surface area (Å²) in [4.78, 5) is 23.7. The molecule has 1 saturated heterocycles. The van der Waals surface area contributed by atoms with Crippen molar-refractivity contribution < 1.29 is 14.7 Å². The van der Waals surface area contributed by atoms with Crippen LogP contribution in [0.2, 0.25) is 0 Å². The maximum Gasteiger partial charge on any atom is 0.319 e. The van der Waals surface area contributed by atoms with Crippen LogP contribution in [0.1, 0.15) is 46.0 Å². The lowest BCUT2D eigenvalue weighted by atomic mass is 9.53. The highest BCUT2D eigenvalue weighted by Gasteiger charge is 2.61. The highest BCUT2D eigenvalue weighted by atomic mass is 16.4. The summed E-state index contributed by atoms with van der Waals surface area (Å²) in [5.74, 6) is 2.17. The van der Waals surface area contributed by atoms with Gasteiger partial charge in [0, 0.05) is 0 Å². The minimum atomic E-state index is -0.857. The Morgan fingerprint density at radius 3 is 2.14 bits per heavy atom. The van der Waals surface area contributed by atoms with Gasteiger partial charge in [0.1, 0.15) is 12.1 Å². The Bertz CT molecular complexity index is 474. The van der Waals surface area contributed by atoms with E-state index in [1.807, 2.05) is 18.9 Å². The maximum atomic E-state index is 12.6. The summed E-state index contributed by atoms with van der Waals surface area (Å²) in [5, 5.41) is 12.8. The van der Waals surface area contributed by atoms with Crippen LogP contribution in [0.5, 0.6) is 0 Å². The lowest BCUT2D eigenvalue weighted by Crippen LogP contribution is -2.80. The van der Waals surface area contributed by atoms with Gasteiger partial charge in [-0.3, -0.25) is 14.6 Å². The monoisotopic (exact) mass is 292 g/mol. The van der Waals surface area contributed by atoms with Crippen molar-refractivity contribution in [1.82, 2.24) is 10.0 Å².